The van der Waals surface area contributed by atoms with Gasteiger partial charge in [0.2, 0.25) is 0 Å². The molecule has 0 aliphatic rings. The third kappa shape index (κ3) is 1.51. The summed E-state index contributed by atoms with van der Waals surface area (Å²) in [5.41, 5.74) is 6.25. The number of benzene rings is 1. The molecule has 2 N–H and O–H groups in total. The van der Waals surface area contributed by atoms with Gasteiger partial charge in [0.25, 0.3) is 0 Å². The number of ether oxygens (including phenoxy) is 1. The van der Waals surface area contributed by atoms with Crippen LogP contribution in [0.3, 0.4) is 0 Å². The lowest BCUT2D eigenvalue weighted by molar-refractivity contribution is 0.112. The molecule has 0 unspecified atom stereocenters. The highest BCUT2D eigenvalue weighted by atomic mass is 35.5. The van der Waals surface area contributed by atoms with Gasteiger partial charge in [-0.15, -0.1) is 0 Å². The fourth-order valence-corrected chi connectivity index (χ4v) is 1.09. The van der Waals surface area contributed by atoms with Crippen molar-refractivity contribution in [3.63, 3.8) is 0 Å². The summed E-state index contributed by atoms with van der Waals surface area (Å²) in [6.45, 7) is 0. The first-order chi connectivity index (χ1) is 5.69. The van der Waals surface area contributed by atoms with Crippen LogP contribution in [0.1, 0.15) is 10.4 Å². The number of nitrogen functional groups attached to an aromatic ring is 1. The normalized spacial score (nSPS) is 9.50. The maximum absolute atomic E-state index is 10.4. The van der Waals surface area contributed by atoms with Crippen molar-refractivity contribution in [1.29, 1.82) is 0 Å². The Labute approximate surface area is 75.1 Å². The fourth-order valence-electron chi connectivity index (χ4n) is 0.843. The van der Waals surface area contributed by atoms with E-state index < -0.39 is 0 Å². The maximum atomic E-state index is 10.4. The van der Waals surface area contributed by atoms with Crippen LogP contribution in [0.25, 0.3) is 0 Å². The largest absolute Gasteiger partial charge is 0.495 e. The Morgan fingerprint density at radius 1 is 1.58 bits per heavy atom. The first-order valence-corrected chi connectivity index (χ1v) is 3.65. The number of halogens is 1. The van der Waals surface area contributed by atoms with Crippen LogP contribution in [0.15, 0.2) is 12.1 Å². The van der Waals surface area contributed by atoms with Gasteiger partial charge in [-0.05, 0) is 6.07 Å². The van der Waals surface area contributed by atoms with Crippen molar-refractivity contribution in [2.45, 2.75) is 0 Å². The maximum Gasteiger partial charge on any atom is 0.152 e. The van der Waals surface area contributed by atoms with Gasteiger partial charge in [-0.25, -0.2) is 0 Å². The van der Waals surface area contributed by atoms with Crippen LogP contribution in [0.4, 0.5) is 5.69 Å². The number of hydrogen-bond acceptors (Lipinski definition) is 3. The molecule has 0 saturated carbocycles. The molecule has 1 rings (SSSR count). The molecule has 0 fully saturated rings. The fraction of sp³-hybridized carbons (Fsp3) is 0.125. The first-order valence-electron chi connectivity index (χ1n) is 3.27. The van der Waals surface area contributed by atoms with Gasteiger partial charge in [-0.2, -0.15) is 0 Å². The molecule has 0 bridgehead atoms. The average Bonchev–Trinajstić information content (AvgIpc) is 2.08. The van der Waals surface area contributed by atoms with E-state index >= 15 is 0 Å². The van der Waals surface area contributed by atoms with Crippen LogP contribution in [0.5, 0.6) is 5.75 Å². The summed E-state index contributed by atoms with van der Waals surface area (Å²) in [6, 6.07) is 2.99. The topological polar surface area (TPSA) is 52.3 Å². The van der Waals surface area contributed by atoms with Gasteiger partial charge in [0, 0.05) is 17.3 Å². The molecule has 0 heterocycles. The van der Waals surface area contributed by atoms with Gasteiger partial charge < -0.3 is 10.5 Å². The molecule has 0 aliphatic heterocycles. The lowest BCUT2D eigenvalue weighted by atomic mass is 10.2. The van der Waals surface area contributed by atoms with Crippen LogP contribution >= 0.6 is 11.6 Å². The summed E-state index contributed by atoms with van der Waals surface area (Å²) in [6.07, 6.45) is 0.653. The van der Waals surface area contributed by atoms with Crippen molar-refractivity contribution in [2.24, 2.45) is 0 Å². The molecule has 0 aromatic heterocycles. The van der Waals surface area contributed by atoms with Gasteiger partial charge in [-0.1, -0.05) is 11.6 Å². The Kier molecular flexibility index (Phi) is 2.55. The number of carbonyl (C=O) groups is 1. The molecule has 0 radical (unpaired) electrons. The Hall–Kier alpha value is -1.22. The summed E-state index contributed by atoms with van der Waals surface area (Å²) in [4.78, 5) is 10.4. The number of anilines is 1. The van der Waals surface area contributed by atoms with Crippen molar-refractivity contribution >= 4 is 23.6 Å². The second kappa shape index (κ2) is 3.45. The minimum Gasteiger partial charge on any atom is -0.495 e. The van der Waals surface area contributed by atoms with Crippen molar-refractivity contribution in [3.05, 3.63) is 22.7 Å². The molecule has 0 aliphatic carbocycles. The average molecular weight is 186 g/mol. The third-order valence-corrected chi connectivity index (χ3v) is 1.78. The summed E-state index contributed by atoms with van der Waals surface area (Å²) < 4.78 is 4.90. The van der Waals surface area contributed by atoms with Crippen molar-refractivity contribution < 1.29 is 9.53 Å². The van der Waals surface area contributed by atoms with E-state index in [-0.39, 0.29) is 0 Å². The predicted molar refractivity (Wildman–Crippen MR) is 47.8 cm³/mol. The Bertz CT molecular complexity index is 312. The minimum atomic E-state index is 0.367. The van der Waals surface area contributed by atoms with E-state index in [4.69, 9.17) is 22.1 Å². The highest BCUT2D eigenvalue weighted by Gasteiger charge is 2.05. The Balaban J connectivity index is 3.25. The molecule has 0 spiro atoms. The zero-order valence-corrected chi connectivity index (χ0v) is 7.26. The molecule has 1 aromatic carbocycles. The number of nitrogens with two attached hydrogens (primary N) is 1. The van der Waals surface area contributed by atoms with Gasteiger partial charge in [0.1, 0.15) is 5.75 Å². The molecule has 0 saturated heterocycles. The lowest BCUT2D eigenvalue weighted by Gasteiger charge is -2.05. The van der Waals surface area contributed by atoms with Crippen LogP contribution in [0.2, 0.25) is 5.02 Å². The van der Waals surface area contributed by atoms with Gasteiger partial charge >= 0.3 is 0 Å². The van der Waals surface area contributed by atoms with Crippen molar-refractivity contribution in [2.75, 3.05) is 12.8 Å². The smallest absolute Gasteiger partial charge is 0.152 e. The zero-order chi connectivity index (χ0) is 9.14. The second-order valence-electron chi connectivity index (χ2n) is 2.23. The van der Waals surface area contributed by atoms with Gasteiger partial charge in [0.05, 0.1) is 12.1 Å². The van der Waals surface area contributed by atoms with E-state index in [9.17, 15) is 4.79 Å². The van der Waals surface area contributed by atoms with E-state index in [1.54, 1.807) is 0 Å². The van der Waals surface area contributed by atoms with Crippen LogP contribution in [-0.2, 0) is 0 Å². The van der Waals surface area contributed by atoms with Gasteiger partial charge in [0.15, 0.2) is 6.29 Å². The number of hydrogen-bond donors (Lipinski definition) is 1. The summed E-state index contributed by atoms with van der Waals surface area (Å²) in [5.74, 6) is 0.472. The zero-order valence-electron chi connectivity index (χ0n) is 6.50. The van der Waals surface area contributed by atoms with E-state index in [1.165, 1.54) is 19.2 Å². The first kappa shape index (κ1) is 8.87. The second-order valence-corrected chi connectivity index (χ2v) is 2.64. The van der Waals surface area contributed by atoms with Crippen LogP contribution in [0, 0.1) is 0 Å². The van der Waals surface area contributed by atoms with Crippen molar-refractivity contribution in [3.8, 4) is 5.75 Å². The molecule has 12 heavy (non-hydrogen) atoms. The Morgan fingerprint density at radius 2 is 2.25 bits per heavy atom. The highest BCUT2D eigenvalue weighted by Crippen LogP contribution is 2.28. The molecule has 1 aromatic rings. The Morgan fingerprint density at radius 3 is 2.75 bits per heavy atom. The third-order valence-electron chi connectivity index (χ3n) is 1.48. The molecule has 0 amide bonds. The summed E-state index contributed by atoms with van der Waals surface area (Å²) in [5, 5.41) is 0.383. The number of methoxy groups -OCH3 is 1. The lowest BCUT2D eigenvalue weighted by Crippen LogP contribution is -1.94. The van der Waals surface area contributed by atoms with E-state index in [1.807, 2.05) is 0 Å². The predicted octanol–water partition coefficient (Wildman–Crippen LogP) is 1.74. The van der Waals surface area contributed by atoms with Crippen LogP contribution in [-0.4, -0.2) is 13.4 Å². The van der Waals surface area contributed by atoms with E-state index in [0.717, 1.165) is 0 Å². The standard InChI is InChI=1S/C8H8ClNO2/c1-12-8-3-7(10)5(4-11)2-6(8)9/h2-4H,10H2,1H3. The number of rotatable bonds is 2. The molecule has 4 heteroatoms. The molecule has 64 valence electrons. The van der Waals surface area contributed by atoms with E-state index in [0.29, 0.717) is 28.3 Å². The highest BCUT2D eigenvalue weighted by molar-refractivity contribution is 6.32. The van der Waals surface area contributed by atoms with E-state index in [2.05, 4.69) is 0 Å². The number of carbonyl (C=O) groups excluding carboxylic acids is 1. The number of aldehydes is 1. The molecule has 3 nitrogen and oxygen atoms in total. The van der Waals surface area contributed by atoms with Crippen molar-refractivity contribution in [1.82, 2.24) is 0 Å². The minimum absolute atomic E-state index is 0.367. The molecule has 0 atom stereocenters. The van der Waals surface area contributed by atoms with Crippen LogP contribution < -0.4 is 10.5 Å². The SMILES string of the molecule is COc1cc(N)c(C=O)cc1Cl. The molecular weight excluding hydrogens is 178 g/mol. The summed E-state index contributed by atoms with van der Waals surface area (Å²) >= 11 is 5.74. The quantitative estimate of drug-likeness (QED) is 0.564. The van der Waals surface area contributed by atoms with Gasteiger partial charge in [-0.3, -0.25) is 4.79 Å². The summed E-state index contributed by atoms with van der Waals surface area (Å²) in [7, 11) is 1.49. The monoisotopic (exact) mass is 185 g/mol. The molecular formula is C8H8ClNO2.